The van der Waals surface area contributed by atoms with Gasteiger partial charge in [-0.3, -0.25) is 5.32 Å². The standard InChI is InChI=1S/C21H22N2O2/c1-4-11-23-12-5-6-17-9-10-18(14-20(17)23)25-21(24)22-19-13-15(2)7-8-16(19)3/h1,7-10,13-14H,5-6,11-12H2,2-3H3,(H,22,24). The van der Waals surface area contributed by atoms with Gasteiger partial charge in [0.05, 0.1) is 6.54 Å². The quantitative estimate of drug-likeness (QED) is 0.851. The molecule has 3 rings (SSSR count). The first-order valence-corrected chi connectivity index (χ1v) is 8.44. The minimum absolute atomic E-state index is 0.493. The van der Waals surface area contributed by atoms with E-state index in [0.717, 1.165) is 41.9 Å². The molecule has 1 aliphatic heterocycles. The molecule has 0 saturated carbocycles. The number of hydrogen-bond donors (Lipinski definition) is 1. The van der Waals surface area contributed by atoms with Gasteiger partial charge in [0.2, 0.25) is 0 Å². The minimum atomic E-state index is -0.493. The monoisotopic (exact) mass is 334 g/mol. The second kappa shape index (κ2) is 7.31. The molecule has 2 aromatic rings. The van der Waals surface area contributed by atoms with Crippen LogP contribution in [0.1, 0.15) is 23.1 Å². The lowest BCUT2D eigenvalue weighted by Crippen LogP contribution is -2.29. The Hall–Kier alpha value is -2.93. The number of carbonyl (C=O) groups excluding carboxylic acids is 1. The molecule has 0 bridgehead atoms. The smallest absolute Gasteiger partial charge is 0.410 e. The van der Waals surface area contributed by atoms with Gasteiger partial charge in [-0.2, -0.15) is 0 Å². The summed E-state index contributed by atoms with van der Waals surface area (Å²) in [6.07, 6.45) is 7.07. The van der Waals surface area contributed by atoms with E-state index in [-0.39, 0.29) is 0 Å². The third-order valence-electron chi connectivity index (χ3n) is 4.39. The van der Waals surface area contributed by atoms with Gasteiger partial charge in [-0.25, -0.2) is 4.79 Å². The van der Waals surface area contributed by atoms with Crippen molar-refractivity contribution in [2.75, 3.05) is 23.3 Å². The van der Waals surface area contributed by atoms with Crippen LogP contribution < -0.4 is 15.0 Å². The number of aryl methyl sites for hydroxylation is 3. The van der Waals surface area contributed by atoms with Crippen LogP contribution in [0, 0.1) is 26.2 Å². The van der Waals surface area contributed by atoms with Gasteiger partial charge in [0.1, 0.15) is 5.75 Å². The van der Waals surface area contributed by atoms with Gasteiger partial charge >= 0.3 is 6.09 Å². The van der Waals surface area contributed by atoms with Gasteiger partial charge < -0.3 is 9.64 Å². The van der Waals surface area contributed by atoms with Gasteiger partial charge in [0.25, 0.3) is 0 Å². The number of amides is 1. The molecule has 1 amide bonds. The van der Waals surface area contributed by atoms with Gasteiger partial charge in [-0.1, -0.05) is 24.1 Å². The molecule has 1 aliphatic rings. The van der Waals surface area contributed by atoms with E-state index in [4.69, 9.17) is 11.2 Å². The van der Waals surface area contributed by atoms with Crippen molar-refractivity contribution in [3.05, 3.63) is 53.1 Å². The van der Waals surface area contributed by atoms with E-state index >= 15 is 0 Å². The summed E-state index contributed by atoms with van der Waals surface area (Å²) in [5.74, 6) is 3.21. The molecular weight excluding hydrogens is 312 g/mol. The Morgan fingerprint density at radius 3 is 2.92 bits per heavy atom. The van der Waals surface area contributed by atoms with E-state index in [1.807, 2.05) is 50.2 Å². The Balaban J connectivity index is 1.75. The van der Waals surface area contributed by atoms with E-state index in [2.05, 4.69) is 16.1 Å². The number of rotatable bonds is 3. The Kier molecular flexibility index (Phi) is 4.95. The van der Waals surface area contributed by atoms with Crippen LogP contribution in [0.4, 0.5) is 16.2 Å². The maximum absolute atomic E-state index is 12.2. The van der Waals surface area contributed by atoms with Gasteiger partial charge in [0, 0.05) is 24.0 Å². The zero-order chi connectivity index (χ0) is 17.8. The highest BCUT2D eigenvalue weighted by atomic mass is 16.6. The molecule has 0 aliphatic carbocycles. The number of nitrogens with zero attached hydrogens (tertiary/aromatic N) is 1. The molecule has 0 unspecified atom stereocenters. The van der Waals surface area contributed by atoms with Crippen LogP contribution in [-0.4, -0.2) is 19.2 Å². The van der Waals surface area contributed by atoms with Crippen molar-refractivity contribution in [3.8, 4) is 18.1 Å². The molecule has 2 aromatic carbocycles. The largest absolute Gasteiger partial charge is 0.417 e. The molecule has 0 spiro atoms. The van der Waals surface area contributed by atoms with Crippen LogP contribution in [0.15, 0.2) is 36.4 Å². The zero-order valence-corrected chi connectivity index (χ0v) is 14.6. The minimum Gasteiger partial charge on any atom is -0.410 e. The molecule has 0 fully saturated rings. The first-order valence-electron chi connectivity index (χ1n) is 8.44. The summed E-state index contributed by atoms with van der Waals surface area (Å²) in [7, 11) is 0. The number of carbonyl (C=O) groups is 1. The average molecular weight is 334 g/mol. The second-order valence-electron chi connectivity index (χ2n) is 6.35. The number of ether oxygens (including phenoxy) is 1. The van der Waals surface area contributed by atoms with E-state index in [1.54, 1.807) is 0 Å². The molecule has 128 valence electrons. The van der Waals surface area contributed by atoms with Crippen LogP contribution in [0.5, 0.6) is 5.75 Å². The van der Waals surface area contributed by atoms with Crippen molar-refractivity contribution in [2.24, 2.45) is 0 Å². The number of fused-ring (bicyclic) bond motifs is 1. The fourth-order valence-electron chi connectivity index (χ4n) is 3.08. The van der Waals surface area contributed by atoms with Crippen molar-refractivity contribution in [2.45, 2.75) is 26.7 Å². The van der Waals surface area contributed by atoms with Crippen LogP contribution in [0.3, 0.4) is 0 Å². The molecular formula is C21H22N2O2. The molecule has 0 saturated heterocycles. The van der Waals surface area contributed by atoms with Crippen molar-refractivity contribution in [3.63, 3.8) is 0 Å². The summed E-state index contributed by atoms with van der Waals surface area (Å²) in [6, 6.07) is 11.7. The van der Waals surface area contributed by atoms with E-state index in [0.29, 0.717) is 12.3 Å². The SMILES string of the molecule is C#CCN1CCCc2ccc(OC(=O)Nc3cc(C)ccc3C)cc21. The number of benzene rings is 2. The summed E-state index contributed by atoms with van der Waals surface area (Å²) in [6.45, 7) is 5.42. The highest BCUT2D eigenvalue weighted by Crippen LogP contribution is 2.31. The van der Waals surface area contributed by atoms with Crippen LogP contribution in [-0.2, 0) is 6.42 Å². The van der Waals surface area contributed by atoms with Crippen molar-refractivity contribution in [1.29, 1.82) is 0 Å². The van der Waals surface area contributed by atoms with Crippen molar-refractivity contribution < 1.29 is 9.53 Å². The normalized spacial score (nSPS) is 12.9. The number of anilines is 2. The van der Waals surface area contributed by atoms with Crippen LogP contribution in [0.2, 0.25) is 0 Å². The average Bonchev–Trinajstić information content (AvgIpc) is 2.59. The molecule has 1 heterocycles. The highest BCUT2D eigenvalue weighted by molar-refractivity contribution is 5.87. The summed E-state index contributed by atoms with van der Waals surface area (Å²) in [4.78, 5) is 14.4. The summed E-state index contributed by atoms with van der Waals surface area (Å²) in [5, 5.41) is 2.81. The van der Waals surface area contributed by atoms with Crippen molar-refractivity contribution in [1.82, 2.24) is 0 Å². The molecule has 4 heteroatoms. The Morgan fingerprint density at radius 2 is 2.12 bits per heavy atom. The van der Waals surface area contributed by atoms with E-state index in [9.17, 15) is 4.79 Å². The third kappa shape index (κ3) is 3.95. The summed E-state index contributed by atoms with van der Waals surface area (Å²) < 4.78 is 5.48. The Morgan fingerprint density at radius 1 is 1.28 bits per heavy atom. The Labute approximate surface area is 148 Å². The van der Waals surface area contributed by atoms with Crippen molar-refractivity contribution >= 4 is 17.5 Å². The second-order valence-corrected chi connectivity index (χ2v) is 6.35. The predicted molar refractivity (Wildman–Crippen MR) is 101 cm³/mol. The maximum atomic E-state index is 12.2. The predicted octanol–water partition coefficient (Wildman–Crippen LogP) is 4.30. The van der Waals surface area contributed by atoms with Gasteiger partial charge in [0.15, 0.2) is 0 Å². The maximum Gasteiger partial charge on any atom is 0.417 e. The van der Waals surface area contributed by atoms with E-state index < -0.39 is 6.09 Å². The number of hydrogen-bond acceptors (Lipinski definition) is 3. The lowest BCUT2D eigenvalue weighted by atomic mass is 10.0. The molecule has 4 nitrogen and oxygen atoms in total. The van der Waals surface area contributed by atoms with Crippen LogP contribution in [0.25, 0.3) is 0 Å². The zero-order valence-electron chi connectivity index (χ0n) is 14.6. The van der Waals surface area contributed by atoms with Gasteiger partial charge in [-0.15, -0.1) is 6.42 Å². The fraction of sp³-hybridized carbons (Fsp3) is 0.286. The number of terminal acetylenes is 1. The third-order valence-corrected chi connectivity index (χ3v) is 4.39. The first-order chi connectivity index (χ1) is 12.1. The molecule has 0 radical (unpaired) electrons. The Bertz CT molecular complexity index is 836. The fourth-order valence-corrected chi connectivity index (χ4v) is 3.08. The molecule has 0 aromatic heterocycles. The number of nitrogens with one attached hydrogen (secondary N) is 1. The topological polar surface area (TPSA) is 41.6 Å². The lowest BCUT2D eigenvalue weighted by molar-refractivity contribution is 0.215. The molecule has 25 heavy (non-hydrogen) atoms. The summed E-state index contributed by atoms with van der Waals surface area (Å²) in [5.41, 5.74) is 5.13. The van der Waals surface area contributed by atoms with Crippen LogP contribution >= 0.6 is 0 Å². The first kappa shape index (κ1) is 16.9. The van der Waals surface area contributed by atoms with Gasteiger partial charge in [-0.05, 0) is 55.5 Å². The van der Waals surface area contributed by atoms with E-state index in [1.165, 1.54) is 5.56 Å². The summed E-state index contributed by atoms with van der Waals surface area (Å²) >= 11 is 0. The molecule has 0 atom stereocenters. The molecule has 1 N–H and O–H groups in total. The highest BCUT2D eigenvalue weighted by Gasteiger charge is 2.17. The lowest BCUT2D eigenvalue weighted by Gasteiger charge is -2.29.